The number of hydrogen-bond donors (Lipinski definition) is 0. The van der Waals surface area contributed by atoms with Crippen molar-refractivity contribution >= 4 is 12.1 Å². The van der Waals surface area contributed by atoms with Gasteiger partial charge in [0.1, 0.15) is 11.6 Å². The highest BCUT2D eigenvalue weighted by Gasteiger charge is 2.41. The molecule has 0 aromatic carbocycles. The molecule has 0 bridgehead atoms. The molecule has 0 aromatic heterocycles. The number of amides is 1. The van der Waals surface area contributed by atoms with Crippen molar-refractivity contribution in [2.45, 2.75) is 52.7 Å². The third kappa shape index (κ3) is 4.54. The first-order valence-electron chi connectivity index (χ1n) is 6.86. The monoisotopic (exact) mass is 283 g/mol. The number of ether oxygens (including phenoxy) is 2. The van der Waals surface area contributed by atoms with E-state index in [-0.39, 0.29) is 11.9 Å². The van der Waals surface area contributed by atoms with Gasteiger partial charge in [0.2, 0.25) is 0 Å². The zero-order chi connectivity index (χ0) is 15.5. The third-order valence-electron chi connectivity index (χ3n) is 3.00. The van der Waals surface area contributed by atoms with E-state index in [2.05, 4.69) is 6.08 Å². The Morgan fingerprint density at radius 3 is 2.30 bits per heavy atom. The van der Waals surface area contributed by atoms with Crippen LogP contribution < -0.4 is 0 Å². The Balaban J connectivity index is 2.87. The first-order valence-corrected chi connectivity index (χ1v) is 6.86. The summed E-state index contributed by atoms with van der Waals surface area (Å²) in [5, 5.41) is 0. The molecule has 0 aliphatic carbocycles. The fourth-order valence-electron chi connectivity index (χ4n) is 2.34. The summed E-state index contributed by atoms with van der Waals surface area (Å²) < 4.78 is 10.1. The molecule has 1 heterocycles. The maximum atomic E-state index is 12.2. The summed E-state index contributed by atoms with van der Waals surface area (Å²) in [6, 6.07) is -0.560. The van der Waals surface area contributed by atoms with Gasteiger partial charge in [-0.05, 0) is 47.0 Å². The molecule has 0 N–H and O–H groups in total. The second-order valence-corrected chi connectivity index (χ2v) is 6.41. The van der Waals surface area contributed by atoms with Gasteiger partial charge in [-0.3, -0.25) is 4.90 Å². The fourth-order valence-corrected chi connectivity index (χ4v) is 2.34. The highest BCUT2D eigenvalue weighted by atomic mass is 16.6. The van der Waals surface area contributed by atoms with Crippen molar-refractivity contribution in [3.63, 3.8) is 0 Å². The van der Waals surface area contributed by atoms with Crippen molar-refractivity contribution < 1.29 is 19.1 Å². The molecule has 2 atom stereocenters. The Morgan fingerprint density at radius 1 is 1.25 bits per heavy atom. The third-order valence-corrected chi connectivity index (χ3v) is 3.00. The minimum absolute atomic E-state index is 0.164. The van der Waals surface area contributed by atoms with Crippen molar-refractivity contribution in [1.82, 2.24) is 4.90 Å². The summed E-state index contributed by atoms with van der Waals surface area (Å²) in [4.78, 5) is 25.5. The van der Waals surface area contributed by atoms with Gasteiger partial charge < -0.3 is 9.47 Å². The van der Waals surface area contributed by atoms with Crippen molar-refractivity contribution in [1.29, 1.82) is 0 Å². The molecule has 0 saturated carbocycles. The Bertz CT molecular complexity index is 405. The van der Waals surface area contributed by atoms with Gasteiger partial charge in [0, 0.05) is 6.54 Å². The molecule has 1 saturated heterocycles. The molecule has 1 aliphatic heterocycles. The van der Waals surface area contributed by atoms with Gasteiger partial charge in [-0.15, -0.1) is 0 Å². The van der Waals surface area contributed by atoms with Gasteiger partial charge in [-0.2, -0.15) is 0 Å². The summed E-state index contributed by atoms with van der Waals surface area (Å²) in [6.07, 6.45) is 2.20. The normalized spacial score (nSPS) is 22.4. The van der Waals surface area contributed by atoms with Crippen molar-refractivity contribution in [3.05, 3.63) is 11.6 Å². The molecule has 1 aliphatic rings. The number of nitrogens with zero attached hydrogens (tertiary/aromatic N) is 1. The minimum Gasteiger partial charge on any atom is -0.467 e. The molecular weight excluding hydrogens is 258 g/mol. The zero-order valence-corrected chi connectivity index (χ0v) is 13.2. The van der Waals surface area contributed by atoms with E-state index in [4.69, 9.17) is 9.47 Å². The van der Waals surface area contributed by atoms with Crippen LogP contribution in [0.25, 0.3) is 0 Å². The lowest BCUT2D eigenvalue weighted by atomic mass is 10.0. The number of carbonyl (C=O) groups is 2. The van der Waals surface area contributed by atoms with Crippen molar-refractivity contribution in [3.8, 4) is 0 Å². The van der Waals surface area contributed by atoms with E-state index in [1.54, 1.807) is 0 Å². The van der Waals surface area contributed by atoms with Gasteiger partial charge >= 0.3 is 12.1 Å². The van der Waals surface area contributed by atoms with Crippen LogP contribution >= 0.6 is 0 Å². The average Bonchev–Trinajstić information content (AvgIpc) is 2.68. The lowest BCUT2D eigenvalue weighted by Crippen LogP contribution is -2.43. The van der Waals surface area contributed by atoms with Crippen LogP contribution in [-0.4, -0.2) is 42.3 Å². The van der Waals surface area contributed by atoms with Crippen LogP contribution in [0.3, 0.4) is 0 Å². The number of allylic oxidation sites excluding steroid dienone is 1. The van der Waals surface area contributed by atoms with Crippen LogP contribution in [0.2, 0.25) is 0 Å². The second kappa shape index (κ2) is 6.29. The lowest BCUT2D eigenvalue weighted by Gasteiger charge is -2.27. The number of hydrogen-bond acceptors (Lipinski definition) is 4. The highest BCUT2D eigenvalue weighted by Crippen LogP contribution is 2.27. The molecule has 114 valence electrons. The van der Waals surface area contributed by atoms with Gasteiger partial charge in [0.25, 0.3) is 0 Å². The Labute approximate surface area is 120 Å². The summed E-state index contributed by atoms with van der Waals surface area (Å²) in [7, 11) is 1.34. The Kier molecular flexibility index (Phi) is 5.20. The maximum Gasteiger partial charge on any atom is 0.411 e. The van der Waals surface area contributed by atoms with E-state index in [9.17, 15) is 9.59 Å². The van der Waals surface area contributed by atoms with Crippen LogP contribution in [0.5, 0.6) is 0 Å². The topological polar surface area (TPSA) is 55.8 Å². The molecule has 0 aromatic rings. The number of rotatable bonds is 2. The molecule has 1 fully saturated rings. The predicted octanol–water partition coefficient (Wildman–Crippen LogP) is 2.75. The van der Waals surface area contributed by atoms with Crippen LogP contribution in [0.1, 0.15) is 41.0 Å². The predicted molar refractivity (Wildman–Crippen MR) is 76.3 cm³/mol. The minimum atomic E-state index is -0.577. The number of esters is 1. The van der Waals surface area contributed by atoms with Gasteiger partial charge in [0.05, 0.1) is 7.11 Å². The molecule has 0 unspecified atom stereocenters. The van der Waals surface area contributed by atoms with E-state index < -0.39 is 17.7 Å². The lowest BCUT2D eigenvalue weighted by molar-refractivity contribution is -0.145. The smallest absolute Gasteiger partial charge is 0.411 e. The van der Waals surface area contributed by atoms with Crippen molar-refractivity contribution in [2.75, 3.05) is 13.7 Å². The molecular formula is C15H25NO4. The molecule has 5 heteroatoms. The summed E-state index contributed by atoms with van der Waals surface area (Å²) in [5.41, 5.74) is 0.594. The number of methoxy groups -OCH3 is 1. The molecule has 0 spiro atoms. The first-order chi connectivity index (χ1) is 9.14. The largest absolute Gasteiger partial charge is 0.467 e. The van der Waals surface area contributed by atoms with Crippen LogP contribution in [0, 0.1) is 5.92 Å². The molecule has 1 amide bonds. The van der Waals surface area contributed by atoms with E-state index in [1.165, 1.54) is 17.6 Å². The molecule has 5 nitrogen and oxygen atoms in total. The van der Waals surface area contributed by atoms with Crippen LogP contribution in [0.4, 0.5) is 4.79 Å². The maximum absolute atomic E-state index is 12.2. The van der Waals surface area contributed by atoms with Gasteiger partial charge in [-0.1, -0.05) is 11.6 Å². The van der Waals surface area contributed by atoms with Crippen LogP contribution in [0.15, 0.2) is 11.6 Å². The number of likely N-dealkylation sites (tertiary alicyclic amines) is 1. The average molecular weight is 283 g/mol. The second-order valence-electron chi connectivity index (χ2n) is 6.41. The quantitative estimate of drug-likeness (QED) is 0.577. The summed E-state index contributed by atoms with van der Waals surface area (Å²) in [5.74, 6) is -0.225. The van der Waals surface area contributed by atoms with E-state index in [0.717, 1.165) is 0 Å². The Morgan fingerprint density at radius 2 is 1.85 bits per heavy atom. The summed E-state index contributed by atoms with van der Waals surface area (Å²) >= 11 is 0. The SMILES string of the molecule is COC(=O)[C@@H]1C[C@@H](C=C(C)C)CN1C(=O)OC(C)(C)C. The van der Waals surface area contributed by atoms with Crippen molar-refractivity contribution in [2.24, 2.45) is 5.92 Å². The highest BCUT2D eigenvalue weighted by molar-refractivity contribution is 5.82. The van der Waals surface area contributed by atoms with E-state index >= 15 is 0 Å². The summed E-state index contributed by atoms with van der Waals surface area (Å²) in [6.45, 7) is 9.91. The fraction of sp³-hybridized carbons (Fsp3) is 0.733. The standard InChI is InChI=1S/C15H25NO4/c1-10(2)7-11-8-12(13(17)19-6)16(9-11)14(18)20-15(3,4)5/h7,11-12H,8-9H2,1-6H3/t11-,12+/m1/s1. The molecule has 0 radical (unpaired) electrons. The molecule has 20 heavy (non-hydrogen) atoms. The first kappa shape index (κ1) is 16.5. The molecule has 1 rings (SSSR count). The van der Waals surface area contributed by atoms with E-state index in [0.29, 0.717) is 13.0 Å². The van der Waals surface area contributed by atoms with Gasteiger partial charge in [0.15, 0.2) is 0 Å². The zero-order valence-electron chi connectivity index (χ0n) is 13.2. The van der Waals surface area contributed by atoms with Gasteiger partial charge in [-0.25, -0.2) is 9.59 Å². The van der Waals surface area contributed by atoms with Crippen LogP contribution in [-0.2, 0) is 14.3 Å². The number of carbonyl (C=O) groups excluding carboxylic acids is 2. The Hall–Kier alpha value is -1.52. The van der Waals surface area contributed by atoms with E-state index in [1.807, 2.05) is 34.6 Å².